The van der Waals surface area contributed by atoms with Crippen LogP contribution in [0.5, 0.6) is 5.75 Å². The third-order valence-corrected chi connectivity index (χ3v) is 4.08. The van der Waals surface area contributed by atoms with Crippen LogP contribution in [-0.2, 0) is 4.74 Å². The molecule has 0 unspecified atom stereocenters. The number of nitrogens with zero attached hydrogens (tertiary/aromatic N) is 4. The molecule has 2 aromatic rings. The molecule has 0 bridgehead atoms. The molecule has 1 saturated heterocycles. The summed E-state index contributed by atoms with van der Waals surface area (Å²) in [6.07, 6.45) is 1.43. The van der Waals surface area contributed by atoms with Crippen molar-refractivity contribution in [3.63, 3.8) is 0 Å². The fourth-order valence-corrected chi connectivity index (χ4v) is 2.88. The van der Waals surface area contributed by atoms with Crippen LogP contribution in [0.25, 0.3) is 0 Å². The Kier molecular flexibility index (Phi) is 5.57. The zero-order chi connectivity index (χ0) is 17.8. The molecular formula is C16H17Cl2N5O2. The number of anilines is 2. The van der Waals surface area contributed by atoms with Gasteiger partial charge in [0.25, 0.3) is 0 Å². The number of aromatic hydroxyl groups is 1. The SMILES string of the molecule is Cc1cc(N/N=C\c2cc(Cl)cc(Cl)c2O)nc(N2CCOCC2)n1. The quantitative estimate of drug-likeness (QED) is 0.625. The monoisotopic (exact) mass is 381 g/mol. The third-order valence-electron chi connectivity index (χ3n) is 3.58. The van der Waals surface area contributed by atoms with Crippen molar-refractivity contribution in [1.82, 2.24) is 9.97 Å². The molecule has 0 saturated carbocycles. The summed E-state index contributed by atoms with van der Waals surface area (Å²) >= 11 is 11.8. The first-order valence-corrected chi connectivity index (χ1v) is 8.44. The number of nitrogens with one attached hydrogen (secondary N) is 1. The summed E-state index contributed by atoms with van der Waals surface area (Å²) in [5.41, 5.74) is 4.07. The van der Waals surface area contributed by atoms with Crippen molar-refractivity contribution in [2.24, 2.45) is 5.10 Å². The van der Waals surface area contributed by atoms with Gasteiger partial charge < -0.3 is 14.7 Å². The van der Waals surface area contributed by atoms with E-state index in [0.717, 1.165) is 18.8 Å². The van der Waals surface area contributed by atoms with E-state index in [-0.39, 0.29) is 10.8 Å². The molecule has 0 atom stereocenters. The Morgan fingerprint density at radius 2 is 2.00 bits per heavy atom. The lowest BCUT2D eigenvalue weighted by molar-refractivity contribution is 0.122. The molecule has 1 aromatic heterocycles. The molecule has 7 nitrogen and oxygen atoms in total. The average Bonchev–Trinajstić information content (AvgIpc) is 2.59. The predicted octanol–water partition coefficient (Wildman–Crippen LogP) is 3.08. The highest BCUT2D eigenvalue weighted by Crippen LogP contribution is 2.30. The molecule has 0 aliphatic carbocycles. The number of hydrogen-bond acceptors (Lipinski definition) is 7. The lowest BCUT2D eigenvalue weighted by Crippen LogP contribution is -2.37. The van der Waals surface area contributed by atoms with Crippen LogP contribution in [0.4, 0.5) is 11.8 Å². The zero-order valence-electron chi connectivity index (χ0n) is 13.5. The molecule has 3 rings (SSSR count). The van der Waals surface area contributed by atoms with Gasteiger partial charge in [0, 0.05) is 35.4 Å². The van der Waals surface area contributed by atoms with Gasteiger partial charge in [0.15, 0.2) is 5.82 Å². The largest absolute Gasteiger partial charge is 0.506 e. The smallest absolute Gasteiger partial charge is 0.227 e. The second-order valence-corrected chi connectivity index (χ2v) is 6.33. The van der Waals surface area contributed by atoms with Crippen LogP contribution in [-0.4, -0.2) is 47.6 Å². The standard InChI is InChI=1S/C16H17Cl2N5O2/c1-10-6-14(21-16(20-10)23-2-4-25-5-3-23)22-19-9-11-7-12(17)8-13(18)15(11)24/h6-9,24H,2-5H2,1H3,(H,20,21,22)/b19-9-. The molecule has 0 spiro atoms. The van der Waals surface area contributed by atoms with E-state index >= 15 is 0 Å². The first-order chi connectivity index (χ1) is 12.0. The first kappa shape index (κ1) is 17.7. The highest BCUT2D eigenvalue weighted by molar-refractivity contribution is 6.36. The Morgan fingerprint density at radius 3 is 2.76 bits per heavy atom. The molecule has 132 valence electrons. The summed E-state index contributed by atoms with van der Waals surface area (Å²) in [7, 11) is 0. The summed E-state index contributed by atoms with van der Waals surface area (Å²) in [6, 6.07) is 4.82. The fraction of sp³-hybridized carbons (Fsp3) is 0.312. The Balaban J connectivity index is 1.76. The van der Waals surface area contributed by atoms with Crippen LogP contribution < -0.4 is 10.3 Å². The highest BCUT2D eigenvalue weighted by atomic mass is 35.5. The molecule has 1 aliphatic heterocycles. The second kappa shape index (κ2) is 7.86. The molecular weight excluding hydrogens is 365 g/mol. The molecule has 2 heterocycles. The van der Waals surface area contributed by atoms with Crippen molar-refractivity contribution in [3.8, 4) is 5.75 Å². The van der Waals surface area contributed by atoms with E-state index in [1.165, 1.54) is 12.3 Å². The second-order valence-electron chi connectivity index (χ2n) is 5.49. The van der Waals surface area contributed by atoms with Crippen LogP contribution in [0.2, 0.25) is 10.0 Å². The maximum absolute atomic E-state index is 9.92. The minimum atomic E-state index is -0.0792. The van der Waals surface area contributed by atoms with Crippen LogP contribution in [0.15, 0.2) is 23.3 Å². The summed E-state index contributed by atoms with van der Waals surface area (Å²) < 4.78 is 5.34. The number of phenolic OH excluding ortho intramolecular Hbond substituents is 1. The van der Waals surface area contributed by atoms with Crippen LogP contribution in [0.1, 0.15) is 11.3 Å². The topological polar surface area (TPSA) is 82.9 Å². The Morgan fingerprint density at radius 1 is 1.24 bits per heavy atom. The van der Waals surface area contributed by atoms with E-state index in [2.05, 4.69) is 25.4 Å². The van der Waals surface area contributed by atoms with Crippen molar-refractivity contribution in [2.45, 2.75) is 6.92 Å². The minimum Gasteiger partial charge on any atom is -0.506 e. The van der Waals surface area contributed by atoms with Gasteiger partial charge in [0.2, 0.25) is 5.95 Å². The molecule has 0 amide bonds. The summed E-state index contributed by atoms with van der Waals surface area (Å²) in [5, 5.41) is 14.6. The van der Waals surface area contributed by atoms with Gasteiger partial charge in [-0.25, -0.2) is 4.98 Å². The van der Waals surface area contributed by atoms with Gasteiger partial charge in [0.05, 0.1) is 24.5 Å². The number of aromatic nitrogens is 2. The summed E-state index contributed by atoms with van der Waals surface area (Å²) in [5.74, 6) is 1.11. The summed E-state index contributed by atoms with van der Waals surface area (Å²) in [6.45, 7) is 4.71. The Labute approximate surface area is 155 Å². The highest BCUT2D eigenvalue weighted by Gasteiger charge is 2.14. The molecule has 9 heteroatoms. The maximum atomic E-state index is 9.92. The van der Waals surface area contributed by atoms with E-state index < -0.39 is 0 Å². The third kappa shape index (κ3) is 4.50. The Hall–Kier alpha value is -2.09. The number of benzene rings is 1. The van der Waals surface area contributed by atoms with E-state index in [9.17, 15) is 5.11 Å². The van der Waals surface area contributed by atoms with Crippen molar-refractivity contribution in [1.29, 1.82) is 0 Å². The zero-order valence-corrected chi connectivity index (χ0v) is 15.0. The van der Waals surface area contributed by atoms with Crippen molar-refractivity contribution >= 4 is 41.2 Å². The number of hydrogen-bond donors (Lipinski definition) is 2. The lowest BCUT2D eigenvalue weighted by atomic mass is 10.2. The molecule has 1 aromatic carbocycles. The van der Waals surface area contributed by atoms with E-state index in [1.54, 1.807) is 12.1 Å². The molecule has 2 N–H and O–H groups in total. The van der Waals surface area contributed by atoms with Gasteiger partial charge >= 0.3 is 0 Å². The van der Waals surface area contributed by atoms with Crippen molar-refractivity contribution in [2.75, 3.05) is 36.6 Å². The maximum Gasteiger partial charge on any atom is 0.227 e. The molecule has 1 aliphatic rings. The molecule has 1 fully saturated rings. The number of phenols is 1. The van der Waals surface area contributed by atoms with Gasteiger partial charge in [-0.2, -0.15) is 10.1 Å². The van der Waals surface area contributed by atoms with E-state index in [0.29, 0.717) is 35.6 Å². The minimum absolute atomic E-state index is 0.0792. The van der Waals surface area contributed by atoms with Crippen LogP contribution in [0.3, 0.4) is 0 Å². The number of aryl methyl sites for hydroxylation is 1. The lowest BCUT2D eigenvalue weighted by Gasteiger charge is -2.27. The van der Waals surface area contributed by atoms with Gasteiger partial charge in [-0.15, -0.1) is 0 Å². The number of rotatable bonds is 4. The van der Waals surface area contributed by atoms with E-state index in [4.69, 9.17) is 27.9 Å². The van der Waals surface area contributed by atoms with Gasteiger partial charge in [0.1, 0.15) is 5.75 Å². The molecule has 25 heavy (non-hydrogen) atoms. The van der Waals surface area contributed by atoms with Crippen molar-refractivity contribution < 1.29 is 9.84 Å². The van der Waals surface area contributed by atoms with E-state index in [1.807, 2.05) is 6.92 Å². The predicted molar refractivity (Wildman–Crippen MR) is 99.1 cm³/mol. The number of halogens is 2. The van der Waals surface area contributed by atoms with Crippen molar-refractivity contribution in [3.05, 3.63) is 39.5 Å². The number of hydrazone groups is 1. The average molecular weight is 382 g/mol. The Bertz CT molecular complexity index is 794. The molecule has 0 radical (unpaired) electrons. The van der Waals surface area contributed by atoms with Gasteiger partial charge in [-0.1, -0.05) is 23.2 Å². The summed E-state index contributed by atoms with van der Waals surface area (Å²) in [4.78, 5) is 11.0. The van der Waals surface area contributed by atoms with Crippen LogP contribution >= 0.6 is 23.2 Å². The normalized spacial score (nSPS) is 14.9. The number of morpholine rings is 1. The first-order valence-electron chi connectivity index (χ1n) is 7.68. The van der Waals surface area contributed by atoms with Gasteiger partial charge in [-0.3, -0.25) is 5.43 Å². The van der Waals surface area contributed by atoms with Gasteiger partial charge in [-0.05, 0) is 19.1 Å². The number of ether oxygens (including phenoxy) is 1. The van der Waals surface area contributed by atoms with Crippen LogP contribution in [0, 0.1) is 6.92 Å². The fourth-order valence-electron chi connectivity index (χ4n) is 2.37.